The van der Waals surface area contributed by atoms with Crippen molar-refractivity contribution >= 4 is 11.6 Å². The molecule has 2 aliphatic heterocycles. The fourth-order valence-corrected chi connectivity index (χ4v) is 3.27. The molecule has 2 saturated heterocycles. The number of nitrogens with one attached hydrogen (secondary N) is 1. The number of carbonyl (C=O) groups is 1. The van der Waals surface area contributed by atoms with Crippen molar-refractivity contribution in [3.8, 4) is 0 Å². The van der Waals surface area contributed by atoms with Crippen LogP contribution in [0, 0.1) is 10.1 Å². The Bertz CT molecular complexity index is 723. The number of carbonyl (C=O) groups excluding carboxylic acids is 1. The minimum absolute atomic E-state index is 0.0221. The van der Waals surface area contributed by atoms with Crippen molar-refractivity contribution in [3.63, 3.8) is 0 Å². The standard InChI is InChI=1S/C18H24N2O8/c1-10(21)19-14-15(22)16-13(9-26-18(2,3)28-16)27-17(14)25-8-11-4-6-12(7-5-11)20(23)24/h4-7,13-17,22H,8-9H2,1-3H3,(H,19,21)/t13-,14-,15-,16+,17+/m1/s1. The van der Waals surface area contributed by atoms with Gasteiger partial charge in [-0.15, -0.1) is 0 Å². The summed E-state index contributed by atoms with van der Waals surface area (Å²) in [6.07, 6.45) is -3.24. The zero-order valence-electron chi connectivity index (χ0n) is 15.9. The van der Waals surface area contributed by atoms with Crippen molar-refractivity contribution in [2.24, 2.45) is 0 Å². The van der Waals surface area contributed by atoms with E-state index in [-0.39, 0.29) is 24.8 Å². The molecule has 2 N–H and O–H groups in total. The maximum absolute atomic E-state index is 11.6. The van der Waals surface area contributed by atoms with Crippen LogP contribution in [0.25, 0.3) is 0 Å². The number of amides is 1. The first-order valence-corrected chi connectivity index (χ1v) is 8.93. The van der Waals surface area contributed by atoms with Gasteiger partial charge in [-0.2, -0.15) is 0 Å². The molecule has 10 nitrogen and oxygen atoms in total. The Kier molecular flexibility index (Phi) is 5.96. The second kappa shape index (κ2) is 8.10. The van der Waals surface area contributed by atoms with Gasteiger partial charge in [-0.25, -0.2) is 0 Å². The lowest BCUT2D eigenvalue weighted by Gasteiger charge is -2.49. The number of aliphatic hydroxyl groups excluding tert-OH is 1. The molecule has 1 aromatic rings. The number of non-ortho nitro benzene ring substituents is 1. The third-order valence-corrected chi connectivity index (χ3v) is 4.62. The van der Waals surface area contributed by atoms with E-state index in [1.54, 1.807) is 26.0 Å². The summed E-state index contributed by atoms with van der Waals surface area (Å²) >= 11 is 0. The minimum Gasteiger partial charge on any atom is -0.388 e. The summed E-state index contributed by atoms with van der Waals surface area (Å²) in [5.41, 5.74) is 0.663. The summed E-state index contributed by atoms with van der Waals surface area (Å²) in [7, 11) is 0. The number of nitrogens with zero attached hydrogens (tertiary/aromatic N) is 1. The van der Waals surface area contributed by atoms with Crippen LogP contribution in [0.5, 0.6) is 0 Å². The van der Waals surface area contributed by atoms with E-state index in [0.717, 1.165) is 0 Å². The number of rotatable bonds is 5. The molecule has 2 fully saturated rings. The topological polar surface area (TPSA) is 129 Å². The fraction of sp³-hybridized carbons (Fsp3) is 0.611. The Hall–Kier alpha value is -2.11. The van der Waals surface area contributed by atoms with E-state index in [1.165, 1.54) is 19.1 Å². The summed E-state index contributed by atoms with van der Waals surface area (Å²) in [5, 5.41) is 24.2. The molecule has 5 atom stereocenters. The molecule has 28 heavy (non-hydrogen) atoms. The Balaban J connectivity index is 1.71. The van der Waals surface area contributed by atoms with E-state index >= 15 is 0 Å². The van der Waals surface area contributed by atoms with Gasteiger partial charge < -0.3 is 29.4 Å². The molecule has 3 rings (SSSR count). The molecule has 1 aromatic carbocycles. The Morgan fingerprint density at radius 1 is 1.39 bits per heavy atom. The van der Waals surface area contributed by atoms with Crippen LogP contribution < -0.4 is 5.32 Å². The molecule has 154 valence electrons. The zero-order valence-corrected chi connectivity index (χ0v) is 15.9. The lowest BCUT2D eigenvalue weighted by atomic mass is 9.95. The number of benzene rings is 1. The fourth-order valence-electron chi connectivity index (χ4n) is 3.27. The van der Waals surface area contributed by atoms with E-state index in [0.29, 0.717) is 5.56 Å². The predicted molar refractivity (Wildman–Crippen MR) is 95.1 cm³/mol. The average Bonchev–Trinajstić information content (AvgIpc) is 2.63. The molecule has 0 spiro atoms. The maximum Gasteiger partial charge on any atom is 0.269 e. The van der Waals surface area contributed by atoms with E-state index in [1.807, 2.05) is 0 Å². The second-order valence-corrected chi connectivity index (χ2v) is 7.29. The molecular formula is C18H24N2O8. The van der Waals surface area contributed by atoms with Gasteiger partial charge in [-0.1, -0.05) is 0 Å². The van der Waals surface area contributed by atoms with Gasteiger partial charge in [0, 0.05) is 19.1 Å². The van der Waals surface area contributed by atoms with Crippen LogP contribution in [0.1, 0.15) is 26.3 Å². The molecule has 0 aliphatic carbocycles. The van der Waals surface area contributed by atoms with Gasteiger partial charge in [0.05, 0.1) is 18.1 Å². The van der Waals surface area contributed by atoms with Gasteiger partial charge >= 0.3 is 0 Å². The van der Waals surface area contributed by atoms with Crippen molar-refractivity contribution in [3.05, 3.63) is 39.9 Å². The Labute approximate surface area is 161 Å². The monoisotopic (exact) mass is 396 g/mol. The molecule has 0 bridgehead atoms. The largest absolute Gasteiger partial charge is 0.388 e. The SMILES string of the molecule is CC(=O)N[C@H]1[C@@H](OCc2ccc([N+](=O)[O-])cc2)O[C@@H]2COC(C)(C)O[C@@H]2[C@@H]1O. The third-order valence-electron chi connectivity index (χ3n) is 4.62. The van der Waals surface area contributed by atoms with Crippen molar-refractivity contribution in [1.29, 1.82) is 0 Å². The molecule has 0 unspecified atom stereocenters. The van der Waals surface area contributed by atoms with Crippen LogP contribution in [0.2, 0.25) is 0 Å². The normalized spacial score (nSPS) is 31.6. The van der Waals surface area contributed by atoms with Crippen molar-refractivity contribution < 1.29 is 33.8 Å². The average molecular weight is 396 g/mol. The number of fused-ring (bicyclic) bond motifs is 1. The summed E-state index contributed by atoms with van der Waals surface area (Å²) in [6.45, 7) is 5.09. The van der Waals surface area contributed by atoms with Crippen LogP contribution in [-0.4, -0.2) is 59.0 Å². The van der Waals surface area contributed by atoms with E-state index < -0.39 is 41.4 Å². The molecule has 0 aromatic heterocycles. The van der Waals surface area contributed by atoms with Gasteiger partial charge in [0.2, 0.25) is 5.91 Å². The Morgan fingerprint density at radius 2 is 2.07 bits per heavy atom. The number of ether oxygens (including phenoxy) is 4. The van der Waals surface area contributed by atoms with Gasteiger partial charge in [0.1, 0.15) is 24.4 Å². The first-order valence-electron chi connectivity index (χ1n) is 8.93. The van der Waals surface area contributed by atoms with Crippen LogP contribution in [0.3, 0.4) is 0 Å². The molecule has 2 heterocycles. The quantitative estimate of drug-likeness (QED) is 0.554. The third kappa shape index (κ3) is 4.65. The predicted octanol–water partition coefficient (Wildman–Crippen LogP) is 0.853. The van der Waals surface area contributed by atoms with Gasteiger partial charge in [-0.05, 0) is 31.5 Å². The van der Waals surface area contributed by atoms with E-state index in [4.69, 9.17) is 18.9 Å². The molecule has 2 aliphatic rings. The molecule has 0 saturated carbocycles. The highest BCUT2D eigenvalue weighted by Gasteiger charge is 2.51. The molecular weight excluding hydrogens is 372 g/mol. The van der Waals surface area contributed by atoms with E-state index in [9.17, 15) is 20.0 Å². The molecule has 10 heteroatoms. The number of nitro groups is 1. The van der Waals surface area contributed by atoms with Crippen molar-refractivity contribution in [1.82, 2.24) is 5.32 Å². The van der Waals surface area contributed by atoms with Gasteiger partial charge in [0.25, 0.3) is 5.69 Å². The van der Waals surface area contributed by atoms with Crippen molar-refractivity contribution in [2.75, 3.05) is 6.61 Å². The number of hydrogen-bond acceptors (Lipinski definition) is 8. The summed E-state index contributed by atoms with van der Waals surface area (Å²) in [6, 6.07) is 5.06. The minimum atomic E-state index is -1.06. The smallest absolute Gasteiger partial charge is 0.269 e. The summed E-state index contributed by atoms with van der Waals surface area (Å²) in [5.74, 6) is -1.22. The first kappa shape index (κ1) is 20.6. The van der Waals surface area contributed by atoms with Crippen LogP contribution >= 0.6 is 0 Å². The molecule has 1 amide bonds. The number of aliphatic hydroxyl groups is 1. The van der Waals surface area contributed by atoms with Gasteiger partial charge in [0.15, 0.2) is 12.1 Å². The second-order valence-electron chi connectivity index (χ2n) is 7.29. The van der Waals surface area contributed by atoms with Crippen LogP contribution in [0.15, 0.2) is 24.3 Å². The number of hydrogen-bond donors (Lipinski definition) is 2. The van der Waals surface area contributed by atoms with Crippen molar-refractivity contribution in [2.45, 2.75) is 63.8 Å². The highest BCUT2D eigenvalue weighted by atomic mass is 16.8. The summed E-state index contributed by atoms with van der Waals surface area (Å²) < 4.78 is 23.0. The lowest BCUT2D eigenvalue weighted by molar-refractivity contribution is -0.384. The highest BCUT2D eigenvalue weighted by Crippen LogP contribution is 2.33. The van der Waals surface area contributed by atoms with E-state index in [2.05, 4.69) is 5.32 Å². The summed E-state index contributed by atoms with van der Waals surface area (Å²) in [4.78, 5) is 21.9. The Morgan fingerprint density at radius 3 is 2.68 bits per heavy atom. The maximum atomic E-state index is 11.6. The zero-order chi connectivity index (χ0) is 20.5. The van der Waals surface area contributed by atoms with Crippen LogP contribution in [0.4, 0.5) is 5.69 Å². The number of nitro benzene ring substituents is 1. The van der Waals surface area contributed by atoms with Gasteiger partial charge in [-0.3, -0.25) is 14.9 Å². The first-order chi connectivity index (χ1) is 13.2. The van der Waals surface area contributed by atoms with Crippen LogP contribution in [-0.2, 0) is 30.3 Å². The lowest BCUT2D eigenvalue weighted by Crippen LogP contribution is -2.68. The molecule has 0 radical (unpaired) electrons. The highest BCUT2D eigenvalue weighted by molar-refractivity contribution is 5.73.